The minimum atomic E-state index is -3.78. The van der Waals surface area contributed by atoms with Crippen LogP contribution >= 0.6 is 0 Å². The van der Waals surface area contributed by atoms with Crippen molar-refractivity contribution in [2.45, 2.75) is 18.0 Å². The first-order chi connectivity index (χ1) is 13.8. The molecule has 10 nitrogen and oxygen atoms in total. The molecule has 0 unspecified atom stereocenters. The average molecular weight is 414 g/mol. The highest BCUT2D eigenvalue weighted by Crippen LogP contribution is 2.29. The second kappa shape index (κ2) is 8.63. The smallest absolute Gasteiger partial charge is 0.353 e. The normalized spacial score (nSPS) is 11.1. The van der Waals surface area contributed by atoms with Gasteiger partial charge in [0.15, 0.2) is 0 Å². The summed E-state index contributed by atoms with van der Waals surface area (Å²) in [5.41, 5.74) is 1.37. The lowest BCUT2D eigenvalue weighted by molar-refractivity contribution is -0.383. The number of benzene rings is 2. The molecule has 0 spiro atoms. The molecule has 150 valence electrons. The maximum Gasteiger partial charge on any atom is 0.353 e. The molecular weight excluding hydrogens is 396 g/mol. The van der Waals surface area contributed by atoms with Gasteiger partial charge in [-0.3, -0.25) is 10.1 Å². The summed E-state index contributed by atoms with van der Waals surface area (Å²) in [5.74, 6) is 0.150. The average Bonchev–Trinajstić information content (AvgIpc) is 2.71. The number of anilines is 2. The number of hydrogen-bond acceptors (Lipinski definition) is 8. The van der Waals surface area contributed by atoms with Crippen LogP contribution < -0.4 is 15.8 Å². The second-order valence-corrected chi connectivity index (χ2v) is 7.62. The van der Waals surface area contributed by atoms with E-state index in [1.165, 1.54) is 18.5 Å². The summed E-state index contributed by atoms with van der Waals surface area (Å²) < 4.78 is 22.6. The Morgan fingerprint density at radius 2 is 1.41 bits per heavy atom. The van der Waals surface area contributed by atoms with E-state index in [4.69, 9.17) is 5.14 Å². The fraction of sp³-hybridized carbons (Fsp3) is 0.111. The van der Waals surface area contributed by atoms with Gasteiger partial charge in [0, 0.05) is 13.1 Å². The number of nitro groups is 1. The minimum Gasteiger partial charge on any atom is -0.360 e. The highest BCUT2D eigenvalue weighted by molar-refractivity contribution is 7.89. The molecule has 0 amide bonds. The molecule has 3 rings (SSSR count). The molecule has 2 aromatic carbocycles. The standard InChI is InChI=1S/C18H18N6O4S/c19-29(27,28)15-8-6-14(7-9-15)11-21-18-16(24(25)26)17(22-12-23-18)20-10-13-4-2-1-3-5-13/h1-9,12H,10-11H2,(H2,19,27,28)(H2,20,21,22,23). The van der Waals surface area contributed by atoms with Gasteiger partial charge >= 0.3 is 5.69 Å². The van der Waals surface area contributed by atoms with Gasteiger partial charge in [-0.15, -0.1) is 0 Å². The molecule has 1 heterocycles. The van der Waals surface area contributed by atoms with Crippen molar-refractivity contribution >= 4 is 27.3 Å². The Kier molecular flexibility index (Phi) is 6.00. The maximum atomic E-state index is 11.6. The zero-order chi connectivity index (χ0) is 20.9. The third-order valence-electron chi connectivity index (χ3n) is 4.02. The van der Waals surface area contributed by atoms with E-state index in [9.17, 15) is 18.5 Å². The van der Waals surface area contributed by atoms with Gasteiger partial charge in [-0.25, -0.2) is 23.5 Å². The van der Waals surface area contributed by atoms with Crippen molar-refractivity contribution in [2.75, 3.05) is 10.6 Å². The lowest BCUT2D eigenvalue weighted by Gasteiger charge is -2.10. The van der Waals surface area contributed by atoms with Crippen LogP contribution in [0.15, 0.2) is 65.8 Å². The first-order valence-corrected chi connectivity index (χ1v) is 10.0. The highest BCUT2D eigenvalue weighted by Gasteiger charge is 2.22. The lowest BCUT2D eigenvalue weighted by Crippen LogP contribution is -2.12. The molecule has 1 aromatic heterocycles. The Hall–Kier alpha value is -3.57. The van der Waals surface area contributed by atoms with Gasteiger partial charge in [-0.2, -0.15) is 0 Å². The molecule has 0 radical (unpaired) electrons. The first-order valence-electron chi connectivity index (χ1n) is 8.47. The number of rotatable bonds is 8. The van der Waals surface area contributed by atoms with Crippen LogP contribution in [-0.2, 0) is 23.1 Å². The molecule has 3 aromatic rings. The number of nitrogens with two attached hydrogens (primary N) is 1. The summed E-state index contributed by atoms with van der Waals surface area (Å²) in [6, 6.07) is 15.3. The molecule has 0 aliphatic carbocycles. The highest BCUT2D eigenvalue weighted by atomic mass is 32.2. The summed E-state index contributed by atoms with van der Waals surface area (Å²) in [6.07, 6.45) is 1.23. The summed E-state index contributed by atoms with van der Waals surface area (Å²) in [4.78, 5) is 19.0. The van der Waals surface area contributed by atoms with Gasteiger partial charge in [0.25, 0.3) is 0 Å². The largest absolute Gasteiger partial charge is 0.360 e. The second-order valence-electron chi connectivity index (χ2n) is 6.06. The van der Waals surface area contributed by atoms with Crippen molar-refractivity contribution < 1.29 is 13.3 Å². The number of primary sulfonamides is 1. The van der Waals surface area contributed by atoms with Crippen LogP contribution in [0.2, 0.25) is 0 Å². The summed E-state index contributed by atoms with van der Waals surface area (Å²) in [5, 5.41) is 22.5. The van der Waals surface area contributed by atoms with Gasteiger partial charge in [0.1, 0.15) is 6.33 Å². The Morgan fingerprint density at radius 3 is 1.90 bits per heavy atom. The number of hydrogen-bond donors (Lipinski definition) is 3. The number of aromatic nitrogens is 2. The topological polar surface area (TPSA) is 153 Å². The van der Waals surface area contributed by atoms with Crippen LogP contribution in [-0.4, -0.2) is 23.3 Å². The molecule has 0 aliphatic heterocycles. The van der Waals surface area contributed by atoms with Crippen molar-refractivity contribution in [2.24, 2.45) is 5.14 Å². The Labute approximate surface area is 167 Å². The van der Waals surface area contributed by atoms with E-state index >= 15 is 0 Å². The molecule has 11 heteroatoms. The van der Waals surface area contributed by atoms with E-state index in [0.717, 1.165) is 5.56 Å². The molecule has 0 fully saturated rings. The van der Waals surface area contributed by atoms with Crippen molar-refractivity contribution in [3.8, 4) is 0 Å². The van der Waals surface area contributed by atoms with E-state index in [1.807, 2.05) is 30.3 Å². The van der Waals surface area contributed by atoms with Gasteiger partial charge in [0.05, 0.1) is 9.82 Å². The lowest BCUT2D eigenvalue weighted by atomic mass is 10.2. The van der Waals surface area contributed by atoms with Gasteiger partial charge < -0.3 is 10.6 Å². The van der Waals surface area contributed by atoms with E-state index < -0.39 is 14.9 Å². The molecule has 29 heavy (non-hydrogen) atoms. The van der Waals surface area contributed by atoms with Gasteiger partial charge in [-0.1, -0.05) is 42.5 Å². The van der Waals surface area contributed by atoms with Crippen LogP contribution in [0.1, 0.15) is 11.1 Å². The molecule has 0 saturated carbocycles. The number of nitrogens with one attached hydrogen (secondary N) is 2. The van der Waals surface area contributed by atoms with Crippen molar-refractivity contribution in [3.63, 3.8) is 0 Å². The summed E-state index contributed by atoms with van der Waals surface area (Å²) in [7, 11) is -3.78. The number of nitrogens with zero attached hydrogens (tertiary/aromatic N) is 3. The third-order valence-corrected chi connectivity index (χ3v) is 4.95. The Morgan fingerprint density at radius 1 is 0.897 bits per heavy atom. The van der Waals surface area contributed by atoms with Crippen molar-refractivity contribution in [1.82, 2.24) is 9.97 Å². The zero-order valence-electron chi connectivity index (χ0n) is 15.1. The maximum absolute atomic E-state index is 11.6. The predicted molar refractivity (Wildman–Crippen MR) is 108 cm³/mol. The van der Waals surface area contributed by atoms with Gasteiger partial charge in [0.2, 0.25) is 21.7 Å². The SMILES string of the molecule is NS(=O)(=O)c1ccc(CNc2ncnc(NCc3ccccc3)c2[N+](=O)[O-])cc1. The van der Waals surface area contributed by atoms with Gasteiger partial charge in [-0.05, 0) is 23.3 Å². The monoisotopic (exact) mass is 414 g/mol. The third kappa shape index (κ3) is 5.24. The molecule has 0 saturated heterocycles. The molecule has 0 atom stereocenters. The quantitative estimate of drug-likeness (QED) is 0.375. The van der Waals surface area contributed by atoms with E-state index in [0.29, 0.717) is 12.1 Å². The van der Waals surface area contributed by atoms with Crippen LogP contribution in [0.25, 0.3) is 0 Å². The van der Waals surface area contributed by atoms with Crippen LogP contribution in [0.5, 0.6) is 0 Å². The molecular formula is C18H18N6O4S. The predicted octanol–water partition coefficient (Wildman–Crippen LogP) is 2.26. The Bertz CT molecular complexity index is 1100. The summed E-state index contributed by atoms with van der Waals surface area (Å²) in [6.45, 7) is 0.564. The first kappa shape index (κ1) is 20.2. The van der Waals surface area contributed by atoms with Crippen LogP contribution in [0.4, 0.5) is 17.3 Å². The molecule has 0 bridgehead atoms. The van der Waals surface area contributed by atoms with Crippen molar-refractivity contribution in [3.05, 3.63) is 82.2 Å². The van der Waals surface area contributed by atoms with Crippen LogP contribution in [0, 0.1) is 10.1 Å². The zero-order valence-corrected chi connectivity index (χ0v) is 16.0. The fourth-order valence-electron chi connectivity index (χ4n) is 2.57. The van der Waals surface area contributed by atoms with Crippen LogP contribution in [0.3, 0.4) is 0 Å². The van der Waals surface area contributed by atoms with E-state index in [-0.39, 0.29) is 28.8 Å². The van der Waals surface area contributed by atoms with E-state index in [2.05, 4.69) is 20.6 Å². The Balaban J connectivity index is 1.76. The molecule has 0 aliphatic rings. The summed E-state index contributed by atoms with van der Waals surface area (Å²) >= 11 is 0. The van der Waals surface area contributed by atoms with Crippen molar-refractivity contribution in [1.29, 1.82) is 0 Å². The number of sulfonamides is 1. The van der Waals surface area contributed by atoms with E-state index in [1.54, 1.807) is 12.1 Å². The molecule has 4 N–H and O–H groups in total. The fourth-order valence-corrected chi connectivity index (χ4v) is 3.09. The minimum absolute atomic E-state index is 0.0123.